The van der Waals surface area contributed by atoms with Crippen molar-refractivity contribution in [3.05, 3.63) is 12.1 Å². The molecular formula is C15H25NO4. The molecule has 1 unspecified atom stereocenters. The van der Waals surface area contributed by atoms with Gasteiger partial charge in [-0.1, -0.05) is 13.8 Å². The Hall–Kier alpha value is -1.62. The van der Waals surface area contributed by atoms with Crippen LogP contribution in [0.4, 0.5) is 0 Å². The first-order valence-corrected chi connectivity index (χ1v) is 6.68. The maximum Gasteiger partial charge on any atom is 0.203 e. The van der Waals surface area contributed by atoms with E-state index in [9.17, 15) is 0 Å². The number of likely N-dealkylation sites (N-methyl/N-ethyl adjacent to an activating group) is 1. The minimum Gasteiger partial charge on any atom is -0.493 e. The fraction of sp³-hybridized carbons (Fsp3) is 0.600. The lowest BCUT2D eigenvalue weighted by atomic mass is 10.1. The average Bonchev–Trinajstić information content (AvgIpc) is 2.45. The molecule has 0 bridgehead atoms. The Morgan fingerprint density at radius 1 is 1.00 bits per heavy atom. The Kier molecular flexibility index (Phi) is 6.45. The van der Waals surface area contributed by atoms with Crippen molar-refractivity contribution in [2.45, 2.75) is 20.0 Å². The number of benzene rings is 1. The first kappa shape index (κ1) is 16.4. The third kappa shape index (κ3) is 3.93. The van der Waals surface area contributed by atoms with Crippen LogP contribution < -0.4 is 24.3 Å². The molecule has 0 amide bonds. The molecule has 0 aliphatic carbocycles. The van der Waals surface area contributed by atoms with Gasteiger partial charge in [-0.3, -0.25) is 0 Å². The van der Waals surface area contributed by atoms with Gasteiger partial charge in [-0.2, -0.15) is 0 Å². The fourth-order valence-corrected chi connectivity index (χ4v) is 1.91. The van der Waals surface area contributed by atoms with Crippen molar-refractivity contribution < 1.29 is 18.9 Å². The summed E-state index contributed by atoms with van der Waals surface area (Å²) < 4.78 is 22.0. The first-order chi connectivity index (χ1) is 9.57. The molecule has 0 aliphatic rings. The second kappa shape index (κ2) is 7.85. The largest absolute Gasteiger partial charge is 0.493 e. The zero-order valence-corrected chi connectivity index (χ0v) is 13.1. The molecule has 5 nitrogen and oxygen atoms in total. The van der Waals surface area contributed by atoms with Gasteiger partial charge in [0.15, 0.2) is 11.5 Å². The lowest BCUT2D eigenvalue weighted by Crippen LogP contribution is -2.33. The van der Waals surface area contributed by atoms with Crippen molar-refractivity contribution in [2.75, 3.05) is 34.9 Å². The van der Waals surface area contributed by atoms with Gasteiger partial charge in [0.05, 0.1) is 21.3 Å². The van der Waals surface area contributed by atoms with E-state index in [1.165, 1.54) is 0 Å². The van der Waals surface area contributed by atoms with Gasteiger partial charge < -0.3 is 24.3 Å². The van der Waals surface area contributed by atoms with Gasteiger partial charge >= 0.3 is 0 Å². The predicted molar refractivity (Wildman–Crippen MR) is 79.3 cm³/mol. The lowest BCUT2D eigenvalue weighted by Gasteiger charge is -2.23. The van der Waals surface area contributed by atoms with E-state index in [4.69, 9.17) is 18.9 Å². The van der Waals surface area contributed by atoms with Crippen molar-refractivity contribution >= 4 is 0 Å². The molecule has 1 N–H and O–H groups in total. The topological polar surface area (TPSA) is 49.0 Å². The summed E-state index contributed by atoms with van der Waals surface area (Å²) in [5, 5.41) is 3.14. The van der Waals surface area contributed by atoms with Crippen molar-refractivity contribution in [3.63, 3.8) is 0 Å². The molecule has 1 rings (SSSR count). The summed E-state index contributed by atoms with van der Waals surface area (Å²) in [6.45, 7) is 5.02. The van der Waals surface area contributed by atoms with E-state index >= 15 is 0 Å². The minimum atomic E-state index is 0.0720. The number of hydrogen-bond donors (Lipinski definition) is 1. The maximum absolute atomic E-state index is 6.02. The molecule has 5 heteroatoms. The van der Waals surface area contributed by atoms with Crippen LogP contribution in [0.5, 0.6) is 23.0 Å². The quantitative estimate of drug-likeness (QED) is 0.793. The van der Waals surface area contributed by atoms with Gasteiger partial charge in [-0.15, -0.1) is 0 Å². The Morgan fingerprint density at radius 2 is 1.55 bits per heavy atom. The van der Waals surface area contributed by atoms with E-state index in [0.717, 1.165) is 6.54 Å². The molecule has 1 atom stereocenters. The molecule has 0 aliphatic heterocycles. The van der Waals surface area contributed by atoms with E-state index < -0.39 is 0 Å². The highest BCUT2D eigenvalue weighted by atomic mass is 16.5. The second-order valence-electron chi connectivity index (χ2n) is 4.82. The molecule has 0 heterocycles. The minimum absolute atomic E-state index is 0.0720. The highest BCUT2D eigenvalue weighted by Gasteiger charge is 2.18. The summed E-state index contributed by atoms with van der Waals surface area (Å²) in [6.07, 6.45) is 0.0720. The molecule has 114 valence electrons. The van der Waals surface area contributed by atoms with Gasteiger partial charge in [0.25, 0.3) is 0 Å². The second-order valence-corrected chi connectivity index (χ2v) is 4.82. The van der Waals surface area contributed by atoms with E-state index in [-0.39, 0.29) is 6.10 Å². The average molecular weight is 283 g/mol. The van der Waals surface area contributed by atoms with Gasteiger partial charge in [-0.05, 0) is 13.0 Å². The summed E-state index contributed by atoms with van der Waals surface area (Å²) >= 11 is 0. The zero-order valence-electron chi connectivity index (χ0n) is 13.1. The zero-order chi connectivity index (χ0) is 15.1. The molecule has 1 aromatic rings. The van der Waals surface area contributed by atoms with E-state index in [2.05, 4.69) is 19.2 Å². The van der Waals surface area contributed by atoms with Crippen LogP contribution >= 0.6 is 0 Å². The van der Waals surface area contributed by atoms with Gasteiger partial charge in [-0.25, -0.2) is 0 Å². The molecule has 20 heavy (non-hydrogen) atoms. The van der Waals surface area contributed by atoms with Crippen LogP contribution in [0.25, 0.3) is 0 Å². The van der Waals surface area contributed by atoms with E-state index in [0.29, 0.717) is 28.9 Å². The summed E-state index contributed by atoms with van der Waals surface area (Å²) in [4.78, 5) is 0. The Labute approximate surface area is 121 Å². The summed E-state index contributed by atoms with van der Waals surface area (Å²) in [5.41, 5.74) is 0. The highest BCUT2D eigenvalue weighted by Crippen LogP contribution is 2.41. The highest BCUT2D eigenvalue weighted by molar-refractivity contribution is 5.55. The van der Waals surface area contributed by atoms with Crippen LogP contribution in [0.3, 0.4) is 0 Å². The molecule has 0 aromatic heterocycles. The van der Waals surface area contributed by atoms with Crippen LogP contribution in [0.1, 0.15) is 13.8 Å². The smallest absolute Gasteiger partial charge is 0.203 e. The van der Waals surface area contributed by atoms with Crippen molar-refractivity contribution in [1.29, 1.82) is 0 Å². The predicted octanol–water partition coefficient (Wildman–Crippen LogP) is 2.34. The summed E-state index contributed by atoms with van der Waals surface area (Å²) in [5.74, 6) is 2.84. The van der Waals surface area contributed by atoms with Gasteiger partial charge in [0, 0.05) is 18.7 Å². The Bertz CT molecular complexity index is 395. The van der Waals surface area contributed by atoms with Crippen molar-refractivity contribution in [2.24, 2.45) is 5.92 Å². The van der Waals surface area contributed by atoms with Gasteiger partial charge in [0.1, 0.15) is 11.9 Å². The van der Waals surface area contributed by atoms with Crippen LogP contribution in [0, 0.1) is 5.92 Å². The third-order valence-electron chi connectivity index (χ3n) is 3.07. The third-order valence-corrected chi connectivity index (χ3v) is 3.07. The van der Waals surface area contributed by atoms with E-state index in [1.54, 1.807) is 21.3 Å². The molecule has 0 saturated heterocycles. The normalized spacial score (nSPS) is 12.2. The molecule has 0 fully saturated rings. The van der Waals surface area contributed by atoms with E-state index in [1.807, 2.05) is 19.2 Å². The molecule has 0 radical (unpaired) electrons. The monoisotopic (exact) mass is 283 g/mol. The number of hydrogen-bond acceptors (Lipinski definition) is 5. The Balaban J connectivity index is 3.06. The molecule has 1 aromatic carbocycles. The number of methoxy groups -OCH3 is 3. The molecule has 0 spiro atoms. The van der Waals surface area contributed by atoms with Crippen LogP contribution in [-0.2, 0) is 0 Å². The standard InChI is InChI=1S/C15H25NO4/c1-10(2)14(9-16-3)20-11-7-12(17-4)15(19-6)13(8-11)18-5/h7-8,10,14,16H,9H2,1-6H3. The van der Waals surface area contributed by atoms with Crippen LogP contribution in [0.15, 0.2) is 12.1 Å². The first-order valence-electron chi connectivity index (χ1n) is 6.68. The van der Waals surface area contributed by atoms with Crippen molar-refractivity contribution in [1.82, 2.24) is 5.32 Å². The van der Waals surface area contributed by atoms with Gasteiger partial charge in [0.2, 0.25) is 5.75 Å². The molecule has 0 saturated carbocycles. The number of rotatable bonds is 8. The number of ether oxygens (including phenoxy) is 4. The summed E-state index contributed by atoms with van der Waals surface area (Å²) in [6, 6.07) is 3.62. The van der Waals surface area contributed by atoms with Crippen molar-refractivity contribution in [3.8, 4) is 23.0 Å². The number of nitrogens with one attached hydrogen (secondary N) is 1. The fourth-order valence-electron chi connectivity index (χ4n) is 1.91. The molecular weight excluding hydrogens is 258 g/mol. The Morgan fingerprint density at radius 3 is 1.90 bits per heavy atom. The summed E-state index contributed by atoms with van der Waals surface area (Å²) in [7, 11) is 6.68. The van der Waals surface area contributed by atoms with Crippen LogP contribution in [-0.4, -0.2) is 41.0 Å². The lowest BCUT2D eigenvalue weighted by molar-refractivity contribution is 0.150. The SMILES string of the molecule is CNCC(Oc1cc(OC)c(OC)c(OC)c1)C(C)C. The maximum atomic E-state index is 6.02. The van der Waals surface area contributed by atoms with Crippen LogP contribution in [0.2, 0.25) is 0 Å².